The minimum atomic E-state index is 0. The Hall–Kier alpha value is -0.0400. The first-order valence-electron chi connectivity index (χ1n) is 6.86. The molecule has 2 unspecified atom stereocenters. The molecule has 2 atom stereocenters. The van der Waals surface area contributed by atoms with Gasteiger partial charge in [-0.1, -0.05) is 20.8 Å². The van der Waals surface area contributed by atoms with Crippen LogP contribution in [0.15, 0.2) is 4.99 Å². The lowest BCUT2D eigenvalue weighted by Gasteiger charge is -2.40. The SMILES string of the molecule is CN=C(NCC1CCCOC1C(C)(C)C)N(C)C.I. The van der Waals surface area contributed by atoms with Crippen LogP contribution in [0.4, 0.5) is 0 Å². The Labute approximate surface area is 135 Å². The van der Waals surface area contributed by atoms with Crippen molar-refractivity contribution >= 4 is 29.9 Å². The van der Waals surface area contributed by atoms with Crippen molar-refractivity contribution in [3.63, 3.8) is 0 Å². The van der Waals surface area contributed by atoms with E-state index in [1.54, 1.807) is 0 Å². The number of hydrogen-bond acceptors (Lipinski definition) is 2. The number of aliphatic imine (C=N–C) groups is 1. The third-order valence-electron chi connectivity index (χ3n) is 3.46. The second-order valence-corrected chi connectivity index (χ2v) is 6.38. The predicted molar refractivity (Wildman–Crippen MR) is 92.4 cm³/mol. The van der Waals surface area contributed by atoms with E-state index in [2.05, 4.69) is 31.1 Å². The smallest absolute Gasteiger partial charge is 0.193 e. The highest BCUT2D eigenvalue weighted by Crippen LogP contribution is 2.33. The molecule has 114 valence electrons. The van der Waals surface area contributed by atoms with E-state index >= 15 is 0 Å². The van der Waals surface area contributed by atoms with E-state index < -0.39 is 0 Å². The van der Waals surface area contributed by atoms with Crippen LogP contribution in [-0.2, 0) is 4.74 Å². The van der Waals surface area contributed by atoms with Gasteiger partial charge in [0.1, 0.15) is 0 Å². The summed E-state index contributed by atoms with van der Waals surface area (Å²) >= 11 is 0. The average molecular weight is 383 g/mol. The lowest BCUT2D eigenvalue weighted by atomic mass is 9.78. The van der Waals surface area contributed by atoms with Crippen LogP contribution in [0.3, 0.4) is 0 Å². The van der Waals surface area contributed by atoms with Gasteiger partial charge in [0.25, 0.3) is 0 Å². The molecule has 1 aliphatic rings. The Morgan fingerprint density at radius 1 is 1.37 bits per heavy atom. The summed E-state index contributed by atoms with van der Waals surface area (Å²) in [6, 6.07) is 0. The second-order valence-electron chi connectivity index (χ2n) is 6.38. The van der Waals surface area contributed by atoms with Gasteiger partial charge >= 0.3 is 0 Å². The van der Waals surface area contributed by atoms with Gasteiger partial charge in [-0.25, -0.2) is 0 Å². The van der Waals surface area contributed by atoms with Crippen LogP contribution in [0.5, 0.6) is 0 Å². The summed E-state index contributed by atoms with van der Waals surface area (Å²) in [7, 11) is 5.84. The van der Waals surface area contributed by atoms with Crippen LogP contribution in [0.2, 0.25) is 0 Å². The van der Waals surface area contributed by atoms with E-state index in [1.165, 1.54) is 12.8 Å². The van der Waals surface area contributed by atoms with Crippen molar-refractivity contribution in [1.82, 2.24) is 10.2 Å². The zero-order chi connectivity index (χ0) is 13.8. The summed E-state index contributed by atoms with van der Waals surface area (Å²) in [6.07, 6.45) is 2.73. The van der Waals surface area contributed by atoms with Crippen LogP contribution < -0.4 is 5.32 Å². The Morgan fingerprint density at radius 3 is 2.47 bits per heavy atom. The Morgan fingerprint density at radius 2 is 2.00 bits per heavy atom. The lowest BCUT2D eigenvalue weighted by molar-refractivity contribution is -0.0836. The highest BCUT2D eigenvalue weighted by molar-refractivity contribution is 14.0. The molecular weight excluding hydrogens is 353 g/mol. The van der Waals surface area contributed by atoms with E-state index in [0.717, 1.165) is 19.1 Å². The van der Waals surface area contributed by atoms with Gasteiger partial charge in [-0.3, -0.25) is 4.99 Å². The molecule has 0 aliphatic carbocycles. The molecule has 1 aliphatic heterocycles. The Balaban J connectivity index is 0.00000324. The zero-order valence-electron chi connectivity index (χ0n) is 13.2. The predicted octanol–water partition coefficient (Wildman–Crippen LogP) is 2.58. The van der Waals surface area contributed by atoms with Crippen LogP contribution in [-0.4, -0.2) is 51.3 Å². The fraction of sp³-hybridized carbons (Fsp3) is 0.929. The molecule has 0 aromatic rings. The van der Waals surface area contributed by atoms with E-state index in [-0.39, 0.29) is 29.4 Å². The van der Waals surface area contributed by atoms with Crippen molar-refractivity contribution in [2.24, 2.45) is 16.3 Å². The summed E-state index contributed by atoms with van der Waals surface area (Å²) in [5, 5.41) is 3.44. The van der Waals surface area contributed by atoms with E-state index in [4.69, 9.17) is 4.74 Å². The van der Waals surface area contributed by atoms with Gasteiger partial charge in [-0.05, 0) is 18.3 Å². The molecule has 4 nitrogen and oxygen atoms in total. The molecule has 1 saturated heterocycles. The van der Waals surface area contributed by atoms with Crippen molar-refractivity contribution in [3.8, 4) is 0 Å². The minimum absolute atomic E-state index is 0. The molecule has 0 aromatic carbocycles. The number of nitrogens with one attached hydrogen (secondary N) is 1. The van der Waals surface area contributed by atoms with Crippen LogP contribution in [0, 0.1) is 11.3 Å². The highest BCUT2D eigenvalue weighted by Gasteiger charge is 2.35. The highest BCUT2D eigenvalue weighted by atomic mass is 127. The molecule has 1 fully saturated rings. The number of hydrogen-bond donors (Lipinski definition) is 1. The summed E-state index contributed by atoms with van der Waals surface area (Å²) in [5.74, 6) is 1.50. The molecule has 1 N–H and O–H groups in total. The van der Waals surface area contributed by atoms with E-state index in [9.17, 15) is 0 Å². The molecule has 1 rings (SSSR count). The maximum atomic E-state index is 5.99. The van der Waals surface area contributed by atoms with Gasteiger partial charge < -0.3 is 15.0 Å². The molecule has 0 saturated carbocycles. The van der Waals surface area contributed by atoms with Crippen molar-refractivity contribution in [3.05, 3.63) is 0 Å². The van der Waals surface area contributed by atoms with Crippen LogP contribution in [0.1, 0.15) is 33.6 Å². The van der Waals surface area contributed by atoms with E-state index in [0.29, 0.717) is 12.0 Å². The first-order valence-corrected chi connectivity index (χ1v) is 6.86. The zero-order valence-corrected chi connectivity index (χ0v) is 15.5. The van der Waals surface area contributed by atoms with E-state index in [1.807, 2.05) is 26.0 Å². The first-order chi connectivity index (χ1) is 8.36. The molecule has 19 heavy (non-hydrogen) atoms. The molecule has 0 spiro atoms. The lowest BCUT2D eigenvalue weighted by Crippen LogP contribution is -2.47. The summed E-state index contributed by atoms with van der Waals surface area (Å²) < 4.78 is 5.99. The standard InChI is InChI=1S/C14H29N3O.HI/c1-14(2,3)12-11(8-7-9-18-12)10-16-13(15-4)17(5)6;/h11-12H,7-10H2,1-6H3,(H,15,16);1H. The van der Waals surface area contributed by atoms with Gasteiger partial charge in [0, 0.05) is 40.2 Å². The van der Waals surface area contributed by atoms with Crippen molar-refractivity contribution < 1.29 is 4.74 Å². The number of nitrogens with zero attached hydrogens (tertiary/aromatic N) is 2. The molecule has 5 heteroatoms. The fourth-order valence-corrected chi connectivity index (χ4v) is 2.67. The fourth-order valence-electron chi connectivity index (χ4n) is 2.67. The van der Waals surface area contributed by atoms with Crippen LogP contribution >= 0.6 is 24.0 Å². The van der Waals surface area contributed by atoms with Gasteiger partial charge in [-0.15, -0.1) is 24.0 Å². The summed E-state index contributed by atoms with van der Waals surface area (Å²) in [5.41, 5.74) is 0.203. The monoisotopic (exact) mass is 383 g/mol. The Kier molecular flexibility index (Phi) is 8.27. The van der Waals surface area contributed by atoms with Gasteiger partial charge in [-0.2, -0.15) is 0 Å². The largest absolute Gasteiger partial charge is 0.377 e. The third-order valence-corrected chi connectivity index (χ3v) is 3.46. The van der Waals surface area contributed by atoms with Crippen molar-refractivity contribution in [2.45, 2.75) is 39.7 Å². The molecule has 0 aromatic heterocycles. The number of halogens is 1. The van der Waals surface area contributed by atoms with Gasteiger partial charge in [0.05, 0.1) is 6.10 Å². The summed E-state index contributed by atoms with van der Waals surface area (Å²) in [4.78, 5) is 6.26. The molecule has 1 heterocycles. The Bertz CT molecular complexity index is 287. The molecule has 0 bridgehead atoms. The minimum Gasteiger partial charge on any atom is -0.377 e. The maximum absolute atomic E-state index is 5.99. The summed E-state index contributed by atoms with van der Waals surface area (Å²) in [6.45, 7) is 8.62. The van der Waals surface area contributed by atoms with Gasteiger partial charge in [0.2, 0.25) is 0 Å². The second kappa shape index (κ2) is 8.29. The first kappa shape index (κ1) is 19.0. The average Bonchev–Trinajstić information content (AvgIpc) is 2.28. The topological polar surface area (TPSA) is 36.9 Å². The van der Waals surface area contributed by atoms with Crippen molar-refractivity contribution in [2.75, 3.05) is 34.3 Å². The normalized spacial score (nSPS) is 24.6. The molecule has 0 amide bonds. The maximum Gasteiger partial charge on any atom is 0.193 e. The number of guanidine groups is 1. The number of rotatable bonds is 2. The van der Waals surface area contributed by atoms with Crippen LogP contribution in [0.25, 0.3) is 0 Å². The third kappa shape index (κ3) is 5.85. The molecular formula is C14H30IN3O. The van der Waals surface area contributed by atoms with Crippen molar-refractivity contribution in [1.29, 1.82) is 0 Å². The van der Waals surface area contributed by atoms with Gasteiger partial charge in [0.15, 0.2) is 5.96 Å². The quantitative estimate of drug-likeness (QED) is 0.453. The molecule has 0 radical (unpaired) electrons. The number of ether oxygens (including phenoxy) is 1.